The number of hydrogen-bond acceptors (Lipinski definition) is 11. The molecule has 0 bridgehead atoms. The predicted molar refractivity (Wildman–Crippen MR) is 136 cm³/mol. The first-order chi connectivity index (χ1) is 18.9. The minimum atomic E-state index is -0.470. The summed E-state index contributed by atoms with van der Waals surface area (Å²) in [5.41, 5.74) is 3.67. The minimum Gasteiger partial charge on any atom is -0.484 e. The molecular formula is C25H31FN6O7. The number of hydrogen-bond donors (Lipinski definition) is 3. The van der Waals surface area contributed by atoms with Gasteiger partial charge in [-0.25, -0.2) is 19.8 Å². The molecule has 14 heteroatoms. The average Bonchev–Trinajstić information content (AvgIpc) is 3.33. The highest BCUT2D eigenvalue weighted by Crippen LogP contribution is 2.32. The van der Waals surface area contributed by atoms with Crippen molar-refractivity contribution >= 4 is 29.9 Å². The molecule has 2 aromatic rings. The number of benzene rings is 1. The van der Waals surface area contributed by atoms with Crippen LogP contribution in [0.25, 0.3) is 0 Å². The number of carbonyl (C=O) groups excluding carboxylic acids is 3. The molecule has 3 N–H and O–H groups in total. The van der Waals surface area contributed by atoms with Crippen LogP contribution < -0.4 is 30.5 Å². The summed E-state index contributed by atoms with van der Waals surface area (Å²) in [5.74, 6) is 0.344. The first-order valence-corrected chi connectivity index (χ1v) is 12.4. The maximum atomic E-state index is 14.6. The number of anilines is 2. The summed E-state index contributed by atoms with van der Waals surface area (Å²) in [7, 11) is 3.10. The average molecular weight is 547 g/mol. The number of amides is 2. The van der Waals surface area contributed by atoms with Gasteiger partial charge in [0.1, 0.15) is 23.5 Å². The lowest BCUT2D eigenvalue weighted by Crippen LogP contribution is -2.35. The second-order valence-electron chi connectivity index (χ2n) is 9.28. The lowest BCUT2D eigenvalue weighted by atomic mass is 10.1. The highest BCUT2D eigenvalue weighted by Gasteiger charge is 2.26. The molecule has 2 aliphatic rings. The summed E-state index contributed by atoms with van der Waals surface area (Å²) >= 11 is 0. The maximum absolute atomic E-state index is 14.6. The van der Waals surface area contributed by atoms with Crippen molar-refractivity contribution in [3.05, 3.63) is 35.3 Å². The van der Waals surface area contributed by atoms with Crippen LogP contribution in [0.5, 0.6) is 11.6 Å². The molecule has 13 nitrogen and oxygen atoms in total. The van der Waals surface area contributed by atoms with Crippen molar-refractivity contribution in [3.8, 4) is 11.6 Å². The lowest BCUT2D eigenvalue weighted by Gasteiger charge is -2.25. The predicted octanol–water partition coefficient (Wildman–Crippen LogP) is 0.376. The third-order valence-electron chi connectivity index (χ3n) is 6.37. The van der Waals surface area contributed by atoms with Gasteiger partial charge in [0.15, 0.2) is 19.0 Å². The van der Waals surface area contributed by atoms with Crippen molar-refractivity contribution in [2.75, 3.05) is 57.2 Å². The van der Waals surface area contributed by atoms with E-state index < -0.39 is 12.0 Å². The van der Waals surface area contributed by atoms with Crippen LogP contribution in [0.15, 0.2) is 18.3 Å². The summed E-state index contributed by atoms with van der Waals surface area (Å²) in [4.78, 5) is 49.0. The van der Waals surface area contributed by atoms with Gasteiger partial charge in [0, 0.05) is 13.1 Å². The van der Waals surface area contributed by atoms with Crippen LogP contribution in [0, 0.1) is 11.7 Å². The van der Waals surface area contributed by atoms with Gasteiger partial charge in [-0.1, -0.05) is 0 Å². The Morgan fingerprint density at radius 2 is 2.23 bits per heavy atom. The molecule has 1 aromatic heterocycles. The molecule has 1 aromatic carbocycles. The topological polar surface area (TPSA) is 153 Å². The second-order valence-corrected chi connectivity index (χ2v) is 9.28. The van der Waals surface area contributed by atoms with Gasteiger partial charge in [-0.3, -0.25) is 19.2 Å². The fourth-order valence-corrected chi connectivity index (χ4v) is 4.56. The van der Waals surface area contributed by atoms with E-state index in [0.717, 1.165) is 5.56 Å². The lowest BCUT2D eigenvalue weighted by molar-refractivity contribution is -0.134. The highest BCUT2D eigenvalue weighted by atomic mass is 19.1. The number of carbonyl (C=O) groups is 3. The zero-order valence-electron chi connectivity index (χ0n) is 21.7. The molecule has 0 radical (unpaired) electrons. The highest BCUT2D eigenvalue weighted by molar-refractivity contribution is 5.93. The third-order valence-corrected chi connectivity index (χ3v) is 6.37. The number of ether oxygens (including phenoxy) is 3. The molecule has 2 amide bonds. The quantitative estimate of drug-likeness (QED) is 0.171. The fraction of sp³-hybridized carbons (Fsp3) is 0.480. The zero-order valence-corrected chi connectivity index (χ0v) is 21.7. The van der Waals surface area contributed by atoms with Gasteiger partial charge in [-0.15, -0.1) is 0 Å². The van der Waals surface area contributed by atoms with Gasteiger partial charge < -0.3 is 29.7 Å². The Kier molecular flexibility index (Phi) is 9.44. The number of likely N-dealkylation sites (N-methyl/N-ethyl adjacent to an activating group) is 1. The van der Waals surface area contributed by atoms with Crippen LogP contribution in [0.1, 0.15) is 17.5 Å². The van der Waals surface area contributed by atoms with Crippen molar-refractivity contribution in [2.24, 2.45) is 5.92 Å². The second kappa shape index (κ2) is 13.2. The van der Waals surface area contributed by atoms with Crippen LogP contribution in [0.3, 0.4) is 0 Å². The molecule has 0 saturated carbocycles. The van der Waals surface area contributed by atoms with Crippen LogP contribution in [-0.4, -0.2) is 81.4 Å². The van der Waals surface area contributed by atoms with E-state index in [2.05, 4.69) is 30.9 Å². The largest absolute Gasteiger partial charge is 0.484 e. The number of nitrogens with zero attached hydrogens (tertiary/aromatic N) is 3. The smallest absolute Gasteiger partial charge is 0.293 e. The Balaban J connectivity index is 1.23. The van der Waals surface area contributed by atoms with Gasteiger partial charge in [0.25, 0.3) is 24.2 Å². The Hall–Kier alpha value is -4.04. The van der Waals surface area contributed by atoms with Gasteiger partial charge >= 0.3 is 0 Å². The normalized spacial score (nSPS) is 16.3. The summed E-state index contributed by atoms with van der Waals surface area (Å²) in [6.45, 7) is 1.62. The van der Waals surface area contributed by atoms with Crippen molar-refractivity contribution in [2.45, 2.75) is 25.4 Å². The van der Waals surface area contributed by atoms with Crippen molar-refractivity contribution < 1.29 is 37.8 Å². The number of halogens is 1. The van der Waals surface area contributed by atoms with E-state index in [4.69, 9.17) is 14.2 Å². The molecule has 1 aliphatic heterocycles. The standard InChI is InChI=1S/C25H31FN6O7/c1-32(21-10-28-25-24(29-21)30-22(34)12-38-25)11-17(39-14-33)3-4-27-9-15-5-16-7-18(8-20(26)19(16)6-15)37-13-23(35)31-36-2/h7-8,10,14-15,17,27H,3-6,9,11-13H2,1-2H3,(H,31,35)(H,29,30,34). The number of nitrogens with one attached hydrogen (secondary N) is 3. The molecule has 2 heterocycles. The summed E-state index contributed by atoms with van der Waals surface area (Å²) in [6.07, 6.45) is 2.91. The molecule has 2 atom stereocenters. The van der Waals surface area contributed by atoms with Crippen LogP contribution in [-0.2, 0) is 36.8 Å². The van der Waals surface area contributed by atoms with Crippen LogP contribution >= 0.6 is 0 Å². The van der Waals surface area contributed by atoms with Crippen LogP contribution in [0.4, 0.5) is 16.0 Å². The van der Waals surface area contributed by atoms with E-state index in [1.54, 1.807) is 18.0 Å². The Morgan fingerprint density at radius 1 is 1.38 bits per heavy atom. The monoisotopic (exact) mass is 546 g/mol. The number of fused-ring (bicyclic) bond motifs is 2. The van der Waals surface area contributed by atoms with E-state index in [1.165, 1.54) is 19.4 Å². The molecule has 4 rings (SSSR count). The fourth-order valence-electron chi connectivity index (χ4n) is 4.56. The van der Waals surface area contributed by atoms with E-state index in [0.29, 0.717) is 62.5 Å². The summed E-state index contributed by atoms with van der Waals surface area (Å²) < 4.78 is 30.5. The van der Waals surface area contributed by atoms with Gasteiger partial charge in [-0.05, 0) is 55.5 Å². The molecule has 39 heavy (non-hydrogen) atoms. The SMILES string of the molecule is CONC(=O)COc1cc(F)c2c(c1)CC(CNCCC(CN(C)c1cnc3c(n1)NC(=O)CO3)OC=O)C2. The first kappa shape index (κ1) is 28.0. The number of rotatable bonds is 14. The molecule has 0 spiro atoms. The molecule has 2 unspecified atom stereocenters. The maximum Gasteiger partial charge on any atom is 0.293 e. The number of hydroxylamine groups is 1. The van der Waals surface area contributed by atoms with E-state index in [-0.39, 0.29) is 42.6 Å². The molecule has 0 saturated heterocycles. The Morgan fingerprint density at radius 3 is 3.03 bits per heavy atom. The van der Waals surface area contributed by atoms with Crippen molar-refractivity contribution in [3.63, 3.8) is 0 Å². The Bertz CT molecular complexity index is 1200. The third kappa shape index (κ3) is 7.51. The van der Waals surface area contributed by atoms with Gasteiger partial charge in [-0.2, -0.15) is 0 Å². The molecule has 210 valence electrons. The van der Waals surface area contributed by atoms with Gasteiger partial charge in [0.2, 0.25) is 0 Å². The van der Waals surface area contributed by atoms with E-state index in [9.17, 15) is 18.8 Å². The molecular weight excluding hydrogens is 515 g/mol. The summed E-state index contributed by atoms with van der Waals surface area (Å²) in [6, 6.07) is 3.06. The van der Waals surface area contributed by atoms with Crippen molar-refractivity contribution in [1.29, 1.82) is 0 Å². The van der Waals surface area contributed by atoms with E-state index >= 15 is 0 Å². The first-order valence-electron chi connectivity index (χ1n) is 12.4. The van der Waals surface area contributed by atoms with E-state index in [1.807, 2.05) is 0 Å². The minimum absolute atomic E-state index is 0.105. The molecule has 1 aliphatic carbocycles. The van der Waals surface area contributed by atoms with Gasteiger partial charge in [0.05, 0.1) is 19.9 Å². The van der Waals surface area contributed by atoms with Crippen LogP contribution in [0.2, 0.25) is 0 Å². The van der Waals surface area contributed by atoms with Crippen molar-refractivity contribution in [1.82, 2.24) is 20.8 Å². The Labute approximate surface area is 224 Å². The zero-order chi connectivity index (χ0) is 27.8. The molecule has 0 fully saturated rings. The summed E-state index contributed by atoms with van der Waals surface area (Å²) in [5, 5.41) is 5.99. The number of aromatic nitrogens is 2.